The first kappa shape index (κ1) is 12.4. The first-order chi connectivity index (χ1) is 8.20. The Bertz CT molecular complexity index is 299. The normalized spacial score (nSPS) is 26.3. The van der Waals surface area contributed by atoms with Crippen molar-refractivity contribution >= 4 is 11.9 Å². The molecule has 2 heterocycles. The Morgan fingerprint density at radius 1 is 1.47 bits per heavy atom. The highest BCUT2D eigenvalue weighted by atomic mass is 16.5. The number of likely N-dealkylation sites (tertiary alicyclic amines) is 1. The van der Waals surface area contributed by atoms with Gasteiger partial charge in [0.1, 0.15) is 0 Å². The van der Waals surface area contributed by atoms with Crippen LogP contribution in [0.5, 0.6) is 0 Å². The van der Waals surface area contributed by atoms with Gasteiger partial charge >= 0.3 is 5.97 Å². The molecule has 0 aromatic carbocycles. The lowest BCUT2D eigenvalue weighted by Crippen LogP contribution is -2.34. The highest BCUT2D eigenvalue weighted by Crippen LogP contribution is 2.23. The number of carbonyl (C=O) groups excluding carboxylic acids is 2. The van der Waals surface area contributed by atoms with Gasteiger partial charge in [0.05, 0.1) is 13.0 Å². The van der Waals surface area contributed by atoms with Crippen LogP contribution in [0.3, 0.4) is 0 Å². The molecule has 17 heavy (non-hydrogen) atoms. The minimum Gasteiger partial charge on any atom is -0.469 e. The van der Waals surface area contributed by atoms with Gasteiger partial charge in [-0.3, -0.25) is 9.59 Å². The molecule has 0 bridgehead atoms. The van der Waals surface area contributed by atoms with Gasteiger partial charge in [0.15, 0.2) is 0 Å². The second kappa shape index (κ2) is 5.49. The summed E-state index contributed by atoms with van der Waals surface area (Å²) in [6, 6.07) is 0. The monoisotopic (exact) mass is 241 g/mol. The Kier molecular flexibility index (Phi) is 3.99. The van der Waals surface area contributed by atoms with E-state index in [1.165, 1.54) is 7.11 Å². The lowest BCUT2D eigenvalue weighted by molar-refractivity contribution is -0.145. The fourth-order valence-electron chi connectivity index (χ4n) is 2.51. The van der Waals surface area contributed by atoms with Gasteiger partial charge in [-0.05, 0) is 18.8 Å². The third kappa shape index (κ3) is 2.97. The molecule has 2 fully saturated rings. The van der Waals surface area contributed by atoms with E-state index >= 15 is 0 Å². The van der Waals surface area contributed by atoms with Crippen LogP contribution in [0.25, 0.3) is 0 Å². The molecule has 0 aromatic heterocycles. The largest absolute Gasteiger partial charge is 0.469 e. The summed E-state index contributed by atoms with van der Waals surface area (Å²) in [6.45, 7) is 2.85. The fourth-order valence-corrected chi connectivity index (χ4v) is 2.51. The molecule has 5 nitrogen and oxygen atoms in total. The number of esters is 1. The summed E-state index contributed by atoms with van der Waals surface area (Å²) in [5.74, 6) is 0.0520. The maximum absolute atomic E-state index is 11.8. The van der Waals surface area contributed by atoms with Gasteiger partial charge in [-0.15, -0.1) is 0 Å². The molecule has 1 amide bonds. The van der Waals surface area contributed by atoms with Crippen LogP contribution >= 0.6 is 0 Å². The Morgan fingerprint density at radius 3 is 2.82 bits per heavy atom. The zero-order valence-corrected chi connectivity index (χ0v) is 10.2. The standard InChI is InChI=1S/C12H19NO4/c1-16-12(15)10-6-11(14)13(8-10)7-9-2-4-17-5-3-9/h9-10H,2-8H2,1H3. The predicted molar refractivity (Wildman–Crippen MR) is 60.2 cm³/mol. The molecular formula is C12H19NO4. The van der Waals surface area contributed by atoms with E-state index in [2.05, 4.69) is 4.74 Å². The Balaban J connectivity index is 1.85. The number of carbonyl (C=O) groups is 2. The number of nitrogens with zero attached hydrogens (tertiary/aromatic N) is 1. The Morgan fingerprint density at radius 2 is 2.18 bits per heavy atom. The third-order valence-electron chi connectivity index (χ3n) is 3.57. The van der Waals surface area contributed by atoms with Gasteiger partial charge in [-0.25, -0.2) is 0 Å². The number of amides is 1. The minimum absolute atomic E-state index is 0.0758. The summed E-state index contributed by atoms with van der Waals surface area (Å²) in [7, 11) is 1.37. The van der Waals surface area contributed by atoms with E-state index in [4.69, 9.17) is 4.74 Å². The zero-order valence-electron chi connectivity index (χ0n) is 10.2. The van der Waals surface area contributed by atoms with Gasteiger partial charge in [0.25, 0.3) is 0 Å². The summed E-state index contributed by atoms with van der Waals surface area (Å²) in [5, 5.41) is 0. The van der Waals surface area contributed by atoms with Crippen molar-refractivity contribution in [2.45, 2.75) is 19.3 Å². The molecule has 2 aliphatic rings. The average Bonchev–Trinajstić information content (AvgIpc) is 2.71. The van der Waals surface area contributed by atoms with Crippen LogP contribution in [0.4, 0.5) is 0 Å². The van der Waals surface area contributed by atoms with Crippen molar-refractivity contribution < 1.29 is 19.1 Å². The molecule has 2 rings (SSSR count). The van der Waals surface area contributed by atoms with E-state index in [9.17, 15) is 9.59 Å². The number of methoxy groups -OCH3 is 1. The van der Waals surface area contributed by atoms with Crippen molar-refractivity contribution in [1.29, 1.82) is 0 Å². The molecule has 5 heteroatoms. The van der Waals surface area contributed by atoms with E-state index in [0.29, 0.717) is 18.9 Å². The second-order valence-corrected chi connectivity index (χ2v) is 4.78. The van der Waals surface area contributed by atoms with Gasteiger partial charge in [0.2, 0.25) is 5.91 Å². The highest BCUT2D eigenvalue weighted by Gasteiger charge is 2.35. The lowest BCUT2D eigenvalue weighted by Gasteiger charge is -2.27. The summed E-state index contributed by atoms with van der Waals surface area (Å²) in [5.41, 5.74) is 0. The van der Waals surface area contributed by atoms with Crippen LogP contribution in [-0.4, -0.2) is 50.2 Å². The van der Waals surface area contributed by atoms with E-state index in [1.54, 1.807) is 4.90 Å². The maximum atomic E-state index is 11.8. The molecule has 0 radical (unpaired) electrons. The van der Waals surface area contributed by atoms with Crippen LogP contribution in [0.1, 0.15) is 19.3 Å². The molecule has 0 aromatic rings. The van der Waals surface area contributed by atoms with E-state index in [1.807, 2.05) is 0 Å². The van der Waals surface area contributed by atoms with Crippen molar-refractivity contribution in [3.05, 3.63) is 0 Å². The molecule has 0 aliphatic carbocycles. The summed E-state index contributed by atoms with van der Waals surface area (Å²) < 4.78 is 9.97. The molecule has 0 N–H and O–H groups in total. The van der Waals surface area contributed by atoms with E-state index in [-0.39, 0.29) is 17.8 Å². The Labute approximate surface area is 101 Å². The fraction of sp³-hybridized carbons (Fsp3) is 0.833. The van der Waals surface area contributed by atoms with Crippen LogP contribution in [-0.2, 0) is 19.1 Å². The molecule has 0 spiro atoms. The van der Waals surface area contributed by atoms with Crippen molar-refractivity contribution in [3.63, 3.8) is 0 Å². The number of hydrogen-bond donors (Lipinski definition) is 0. The number of rotatable bonds is 3. The van der Waals surface area contributed by atoms with Crippen LogP contribution in [0, 0.1) is 11.8 Å². The average molecular weight is 241 g/mol. The molecule has 1 unspecified atom stereocenters. The van der Waals surface area contributed by atoms with Gasteiger partial charge in [0, 0.05) is 32.7 Å². The smallest absolute Gasteiger partial charge is 0.310 e. The topological polar surface area (TPSA) is 55.8 Å². The van der Waals surface area contributed by atoms with E-state index in [0.717, 1.165) is 32.6 Å². The van der Waals surface area contributed by atoms with Crippen LogP contribution in [0.15, 0.2) is 0 Å². The lowest BCUT2D eigenvalue weighted by atomic mass is 10.00. The molecular weight excluding hydrogens is 222 g/mol. The predicted octanol–water partition coefficient (Wildman–Crippen LogP) is 0.434. The molecule has 0 saturated carbocycles. The summed E-state index contributed by atoms with van der Waals surface area (Å²) in [4.78, 5) is 24.9. The summed E-state index contributed by atoms with van der Waals surface area (Å²) in [6.07, 6.45) is 2.31. The van der Waals surface area contributed by atoms with E-state index < -0.39 is 0 Å². The van der Waals surface area contributed by atoms with Gasteiger partial charge < -0.3 is 14.4 Å². The van der Waals surface area contributed by atoms with Crippen LogP contribution < -0.4 is 0 Å². The molecule has 96 valence electrons. The first-order valence-electron chi connectivity index (χ1n) is 6.14. The highest BCUT2D eigenvalue weighted by molar-refractivity contribution is 5.86. The van der Waals surface area contributed by atoms with Crippen molar-refractivity contribution in [1.82, 2.24) is 4.90 Å². The summed E-state index contributed by atoms with van der Waals surface area (Å²) >= 11 is 0. The van der Waals surface area contributed by atoms with Gasteiger partial charge in [-0.1, -0.05) is 0 Å². The SMILES string of the molecule is COC(=O)C1CC(=O)N(CC2CCOCC2)C1. The molecule has 2 aliphatic heterocycles. The molecule has 2 saturated heterocycles. The zero-order chi connectivity index (χ0) is 12.3. The van der Waals surface area contributed by atoms with Crippen molar-refractivity contribution in [2.75, 3.05) is 33.4 Å². The number of hydrogen-bond acceptors (Lipinski definition) is 4. The quantitative estimate of drug-likeness (QED) is 0.673. The van der Waals surface area contributed by atoms with Crippen LogP contribution in [0.2, 0.25) is 0 Å². The minimum atomic E-state index is -0.271. The second-order valence-electron chi connectivity index (χ2n) is 4.78. The van der Waals surface area contributed by atoms with Crippen molar-refractivity contribution in [3.8, 4) is 0 Å². The third-order valence-corrected chi connectivity index (χ3v) is 3.57. The van der Waals surface area contributed by atoms with Crippen molar-refractivity contribution in [2.24, 2.45) is 11.8 Å². The maximum Gasteiger partial charge on any atom is 0.310 e. The first-order valence-corrected chi connectivity index (χ1v) is 6.14. The molecule has 1 atom stereocenters. The number of ether oxygens (including phenoxy) is 2. The van der Waals surface area contributed by atoms with Gasteiger partial charge in [-0.2, -0.15) is 0 Å². The Hall–Kier alpha value is -1.10.